The van der Waals surface area contributed by atoms with Gasteiger partial charge >= 0.3 is 11.8 Å². The Bertz CT molecular complexity index is 329. The molecule has 0 saturated carbocycles. The van der Waals surface area contributed by atoms with Crippen LogP contribution in [0.5, 0.6) is 0 Å². The number of carbonyl (C=O) groups excluding carboxylic acids is 2. The number of hydrogen-bond donors (Lipinski definition) is 0. The van der Waals surface area contributed by atoms with Crippen molar-refractivity contribution in [1.82, 2.24) is 0 Å². The van der Waals surface area contributed by atoms with Crippen LogP contribution >= 0.6 is 15.9 Å². The van der Waals surface area contributed by atoms with Gasteiger partial charge in [-0.2, -0.15) is 0 Å². The summed E-state index contributed by atoms with van der Waals surface area (Å²) in [6, 6.07) is 2.94. The zero-order chi connectivity index (χ0) is 9.84. The average Bonchev–Trinajstić information content (AvgIpc) is 2.51. The molecular weight excluding hydrogens is 240 g/mol. The molecule has 0 radical (unpaired) electrons. The van der Waals surface area contributed by atoms with Gasteiger partial charge in [-0.15, -0.1) is 0 Å². The number of ether oxygens (including phenoxy) is 1. The summed E-state index contributed by atoms with van der Waals surface area (Å²) in [4.78, 5) is 22.1. The maximum absolute atomic E-state index is 11.2. The topological polar surface area (TPSA) is 56.5 Å². The van der Waals surface area contributed by atoms with Crippen molar-refractivity contribution in [3.8, 4) is 0 Å². The predicted molar refractivity (Wildman–Crippen MR) is 47.4 cm³/mol. The van der Waals surface area contributed by atoms with E-state index in [9.17, 15) is 9.59 Å². The van der Waals surface area contributed by atoms with Crippen LogP contribution in [0.15, 0.2) is 21.2 Å². The number of esters is 1. The third-order valence-electron chi connectivity index (χ3n) is 1.26. The molecule has 1 aromatic heterocycles. The van der Waals surface area contributed by atoms with Gasteiger partial charge in [-0.3, -0.25) is 4.79 Å². The van der Waals surface area contributed by atoms with Gasteiger partial charge < -0.3 is 9.15 Å². The summed E-state index contributed by atoms with van der Waals surface area (Å²) in [5.74, 6) is -1.69. The SMILES string of the molecule is CCOC(=O)C(=O)c1ccc(Br)o1. The molecule has 1 heterocycles. The van der Waals surface area contributed by atoms with Gasteiger partial charge in [-0.05, 0) is 35.0 Å². The smallest absolute Gasteiger partial charge is 0.383 e. The van der Waals surface area contributed by atoms with Gasteiger partial charge in [0.2, 0.25) is 0 Å². The average molecular weight is 247 g/mol. The molecular formula is C8H7BrO4. The zero-order valence-electron chi connectivity index (χ0n) is 6.87. The molecule has 0 N–H and O–H groups in total. The lowest BCUT2D eigenvalue weighted by atomic mass is 10.3. The number of halogens is 1. The Labute approximate surface area is 83.0 Å². The molecule has 1 aromatic rings. The van der Waals surface area contributed by atoms with Gasteiger partial charge in [0.15, 0.2) is 10.4 Å². The zero-order valence-corrected chi connectivity index (χ0v) is 8.46. The van der Waals surface area contributed by atoms with Crippen molar-refractivity contribution in [2.45, 2.75) is 6.92 Å². The summed E-state index contributed by atoms with van der Waals surface area (Å²) in [5, 5.41) is 0. The largest absolute Gasteiger partial charge is 0.460 e. The normalized spacial score (nSPS) is 9.69. The van der Waals surface area contributed by atoms with Crippen molar-refractivity contribution in [1.29, 1.82) is 0 Å². The van der Waals surface area contributed by atoms with Crippen LogP contribution in [0, 0.1) is 0 Å². The monoisotopic (exact) mass is 246 g/mol. The third-order valence-corrected chi connectivity index (χ3v) is 1.68. The minimum absolute atomic E-state index is 0.0228. The highest BCUT2D eigenvalue weighted by molar-refractivity contribution is 9.10. The van der Waals surface area contributed by atoms with E-state index in [4.69, 9.17) is 4.42 Å². The summed E-state index contributed by atoms with van der Waals surface area (Å²) in [5.41, 5.74) is 0. The Morgan fingerprint density at radius 1 is 1.54 bits per heavy atom. The Morgan fingerprint density at radius 2 is 2.23 bits per heavy atom. The van der Waals surface area contributed by atoms with Crippen LogP contribution in [0.3, 0.4) is 0 Å². The quantitative estimate of drug-likeness (QED) is 0.464. The molecule has 0 spiro atoms. The summed E-state index contributed by atoms with van der Waals surface area (Å²) >= 11 is 3.02. The lowest BCUT2D eigenvalue weighted by Gasteiger charge is -1.96. The van der Waals surface area contributed by atoms with Crippen LogP contribution in [-0.4, -0.2) is 18.4 Å². The van der Waals surface area contributed by atoms with Gasteiger partial charge in [0.05, 0.1) is 6.61 Å². The minimum atomic E-state index is -0.899. The van der Waals surface area contributed by atoms with Gasteiger partial charge in [0.25, 0.3) is 0 Å². The second-order valence-electron chi connectivity index (χ2n) is 2.15. The molecule has 0 bridgehead atoms. The van der Waals surface area contributed by atoms with E-state index in [1.165, 1.54) is 12.1 Å². The van der Waals surface area contributed by atoms with Crippen LogP contribution in [0.2, 0.25) is 0 Å². The fourth-order valence-electron chi connectivity index (χ4n) is 0.734. The fourth-order valence-corrected chi connectivity index (χ4v) is 1.04. The molecule has 0 aliphatic heterocycles. The number of rotatable bonds is 3. The number of hydrogen-bond acceptors (Lipinski definition) is 4. The maximum atomic E-state index is 11.2. The second-order valence-corrected chi connectivity index (χ2v) is 2.93. The van der Waals surface area contributed by atoms with Crippen molar-refractivity contribution in [2.24, 2.45) is 0 Å². The first-order chi connectivity index (χ1) is 6.15. The van der Waals surface area contributed by atoms with Crippen molar-refractivity contribution in [3.05, 3.63) is 22.6 Å². The Hall–Kier alpha value is -1.10. The molecule has 4 nitrogen and oxygen atoms in total. The van der Waals surface area contributed by atoms with Crippen LogP contribution in [-0.2, 0) is 9.53 Å². The molecule has 1 rings (SSSR count). The van der Waals surface area contributed by atoms with E-state index in [2.05, 4.69) is 20.7 Å². The minimum Gasteiger partial charge on any atom is -0.460 e. The molecule has 5 heteroatoms. The third kappa shape index (κ3) is 2.42. The lowest BCUT2D eigenvalue weighted by molar-refractivity contribution is -0.137. The van der Waals surface area contributed by atoms with Crippen LogP contribution in [0.4, 0.5) is 0 Å². The molecule has 0 unspecified atom stereocenters. The standard InChI is InChI=1S/C8H7BrO4/c1-2-12-8(11)7(10)5-3-4-6(9)13-5/h3-4H,2H2,1H3. The molecule has 0 aromatic carbocycles. The van der Waals surface area contributed by atoms with Gasteiger partial charge in [0.1, 0.15) is 0 Å². The Morgan fingerprint density at radius 3 is 2.69 bits per heavy atom. The van der Waals surface area contributed by atoms with Crippen LogP contribution in [0.25, 0.3) is 0 Å². The van der Waals surface area contributed by atoms with Crippen molar-refractivity contribution >= 4 is 27.7 Å². The first kappa shape index (κ1) is 9.98. The van der Waals surface area contributed by atoms with E-state index in [0.717, 1.165) is 0 Å². The molecule has 70 valence electrons. The summed E-state index contributed by atoms with van der Waals surface area (Å²) < 4.78 is 9.79. The summed E-state index contributed by atoms with van der Waals surface area (Å²) in [6.07, 6.45) is 0. The van der Waals surface area contributed by atoms with Gasteiger partial charge in [-0.1, -0.05) is 0 Å². The molecule has 0 amide bonds. The number of carbonyl (C=O) groups is 2. The summed E-state index contributed by atoms with van der Waals surface area (Å²) in [7, 11) is 0. The fraction of sp³-hybridized carbons (Fsp3) is 0.250. The van der Waals surface area contributed by atoms with E-state index >= 15 is 0 Å². The van der Waals surface area contributed by atoms with E-state index < -0.39 is 11.8 Å². The molecule has 0 aliphatic rings. The molecule has 0 atom stereocenters. The molecule has 0 aliphatic carbocycles. The van der Waals surface area contributed by atoms with Gasteiger partial charge in [-0.25, -0.2) is 4.79 Å². The highest BCUT2D eigenvalue weighted by Gasteiger charge is 2.20. The van der Waals surface area contributed by atoms with Crippen LogP contribution in [0.1, 0.15) is 17.5 Å². The van der Waals surface area contributed by atoms with E-state index in [0.29, 0.717) is 4.67 Å². The van der Waals surface area contributed by atoms with E-state index in [1.54, 1.807) is 6.92 Å². The molecule has 13 heavy (non-hydrogen) atoms. The van der Waals surface area contributed by atoms with Gasteiger partial charge in [0, 0.05) is 0 Å². The van der Waals surface area contributed by atoms with Crippen molar-refractivity contribution in [3.63, 3.8) is 0 Å². The number of furan rings is 1. The predicted octanol–water partition coefficient (Wildman–Crippen LogP) is 1.79. The van der Waals surface area contributed by atoms with Crippen molar-refractivity contribution in [2.75, 3.05) is 6.61 Å². The van der Waals surface area contributed by atoms with E-state index in [-0.39, 0.29) is 12.4 Å². The van der Waals surface area contributed by atoms with E-state index in [1.807, 2.05) is 0 Å². The first-order valence-electron chi connectivity index (χ1n) is 3.62. The molecule has 0 fully saturated rings. The van der Waals surface area contributed by atoms with Crippen molar-refractivity contribution < 1.29 is 18.7 Å². The number of Topliss-reactive ketones (excluding diaryl/α,β-unsaturated/α-hetero) is 1. The molecule has 0 saturated heterocycles. The Kier molecular flexibility index (Phi) is 3.25. The lowest BCUT2D eigenvalue weighted by Crippen LogP contribution is -2.16. The highest BCUT2D eigenvalue weighted by atomic mass is 79.9. The maximum Gasteiger partial charge on any atom is 0.383 e. The first-order valence-corrected chi connectivity index (χ1v) is 4.41. The Balaban J connectivity index is 2.73. The summed E-state index contributed by atoms with van der Waals surface area (Å²) in [6.45, 7) is 1.80. The van der Waals surface area contributed by atoms with Crippen LogP contribution < -0.4 is 0 Å². The second kappa shape index (κ2) is 4.23. The number of ketones is 1. The highest BCUT2D eigenvalue weighted by Crippen LogP contribution is 2.14.